The summed E-state index contributed by atoms with van der Waals surface area (Å²) in [5.74, 6) is -0.351. The van der Waals surface area contributed by atoms with Crippen LogP contribution in [0, 0.1) is 11.3 Å². The zero-order valence-electron chi connectivity index (χ0n) is 14.2. The summed E-state index contributed by atoms with van der Waals surface area (Å²) in [5.41, 5.74) is 0.452. The van der Waals surface area contributed by atoms with Crippen molar-refractivity contribution in [2.75, 3.05) is 4.72 Å². The number of hydrogen-bond acceptors (Lipinski definition) is 4. The summed E-state index contributed by atoms with van der Waals surface area (Å²) in [6.07, 6.45) is 0. The van der Waals surface area contributed by atoms with E-state index in [1.54, 1.807) is 24.3 Å². The lowest BCUT2D eigenvalue weighted by Crippen LogP contribution is -2.40. The Morgan fingerprint density at radius 1 is 1.08 bits per heavy atom. The van der Waals surface area contributed by atoms with E-state index in [1.165, 1.54) is 24.3 Å². The molecule has 2 aromatic rings. The van der Waals surface area contributed by atoms with Crippen molar-refractivity contribution in [2.45, 2.75) is 31.2 Å². The molecule has 0 aliphatic rings. The van der Waals surface area contributed by atoms with Crippen molar-refractivity contribution in [1.82, 2.24) is 5.32 Å². The van der Waals surface area contributed by atoms with E-state index in [9.17, 15) is 13.2 Å². The van der Waals surface area contributed by atoms with E-state index in [4.69, 9.17) is 5.26 Å². The highest BCUT2D eigenvalue weighted by molar-refractivity contribution is 7.92. The normalized spacial score (nSPS) is 11.4. The van der Waals surface area contributed by atoms with Gasteiger partial charge in [-0.1, -0.05) is 12.1 Å². The van der Waals surface area contributed by atoms with Crippen LogP contribution in [0.1, 0.15) is 36.7 Å². The molecule has 25 heavy (non-hydrogen) atoms. The molecule has 2 N–H and O–H groups in total. The van der Waals surface area contributed by atoms with E-state index in [2.05, 4.69) is 10.0 Å². The van der Waals surface area contributed by atoms with Gasteiger partial charge in [0.05, 0.1) is 22.2 Å². The zero-order chi connectivity index (χ0) is 18.7. The molecule has 0 aromatic heterocycles. The van der Waals surface area contributed by atoms with Crippen LogP contribution >= 0.6 is 0 Å². The predicted molar refractivity (Wildman–Crippen MR) is 95.6 cm³/mol. The fraction of sp³-hybridized carbons (Fsp3) is 0.222. The van der Waals surface area contributed by atoms with E-state index in [0.29, 0.717) is 5.56 Å². The highest BCUT2D eigenvalue weighted by atomic mass is 32.2. The number of amides is 1. The van der Waals surface area contributed by atoms with Gasteiger partial charge in [-0.15, -0.1) is 0 Å². The molecule has 0 radical (unpaired) electrons. The Labute approximate surface area is 147 Å². The summed E-state index contributed by atoms with van der Waals surface area (Å²) in [4.78, 5) is 12.2. The Kier molecular flexibility index (Phi) is 5.14. The maximum atomic E-state index is 12.5. The van der Waals surface area contributed by atoms with Crippen LogP contribution in [0.3, 0.4) is 0 Å². The van der Waals surface area contributed by atoms with Crippen molar-refractivity contribution >= 4 is 21.6 Å². The van der Waals surface area contributed by atoms with Crippen LogP contribution in [0.5, 0.6) is 0 Å². The van der Waals surface area contributed by atoms with Gasteiger partial charge < -0.3 is 5.32 Å². The maximum absolute atomic E-state index is 12.5. The maximum Gasteiger partial charge on any atom is 0.261 e. The number of benzene rings is 2. The van der Waals surface area contributed by atoms with Gasteiger partial charge in [0, 0.05) is 11.1 Å². The Morgan fingerprint density at radius 2 is 1.76 bits per heavy atom. The van der Waals surface area contributed by atoms with E-state index in [1.807, 2.05) is 26.8 Å². The number of rotatable bonds is 4. The van der Waals surface area contributed by atoms with Crippen molar-refractivity contribution in [2.24, 2.45) is 0 Å². The first-order valence-corrected chi connectivity index (χ1v) is 9.05. The van der Waals surface area contributed by atoms with Gasteiger partial charge in [0.15, 0.2) is 0 Å². The summed E-state index contributed by atoms with van der Waals surface area (Å²) in [6, 6.07) is 13.9. The molecular weight excluding hydrogens is 338 g/mol. The molecule has 130 valence electrons. The topological polar surface area (TPSA) is 99.1 Å². The van der Waals surface area contributed by atoms with E-state index in [0.717, 1.165) is 0 Å². The molecule has 6 nitrogen and oxygen atoms in total. The van der Waals surface area contributed by atoms with Crippen LogP contribution < -0.4 is 10.0 Å². The molecule has 0 bridgehead atoms. The van der Waals surface area contributed by atoms with Gasteiger partial charge in [0.25, 0.3) is 15.9 Å². The highest BCUT2D eigenvalue weighted by Gasteiger charge is 2.19. The van der Waals surface area contributed by atoms with Crippen LogP contribution in [0.25, 0.3) is 0 Å². The first-order valence-electron chi connectivity index (χ1n) is 7.56. The molecule has 7 heteroatoms. The van der Waals surface area contributed by atoms with E-state index >= 15 is 0 Å². The number of nitrogens with zero attached hydrogens (tertiary/aromatic N) is 1. The number of sulfonamides is 1. The fourth-order valence-electron chi connectivity index (χ4n) is 2.08. The van der Waals surface area contributed by atoms with Crippen molar-refractivity contribution in [3.63, 3.8) is 0 Å². The average molecular weight is 357 g/mol. The van der Waals surface area contributed by atoms with E-state index in [-0.39, 0.29) is 22.1 Å². The third-order valence-corrected chi connectivity index (χ3v) is 4.52. The largest absolute Gasteiger partial charge is 0.347 e. The smallest absolute Gasteiger partial charge is 0.261 e. The second-order valence-corrected chi connectivity index (χ2v) is 8.21. The molecule has 0 fully saturated rings. The summed E-state index contributed by atoms with van der Waals surface area (Å²) in [6.45, 7) is 5.53. The molecule has 0 spiro atoms. The number of nitriles is 1. The molecule has 1 amide bonds. The lowest BCUT2D eigenvalue weighted by Gasteiger charge is -2.20. The Morgan fingerprint density at radius 3 is 2.40 bits per heavy atom. The van der Waals surface area contributed by atoms with Crippen molar-refractivity contribution in [3.8, 4) is 6.07 Å². The minimum Gasteiger partial charge on any atom is -0.347 e. The second kappa shape index (κ2) is 6.95. The number of nitrogens with one attached hydrogen (secondary N) is 2. The Balaban J connectivity index is 2.29. The molecule has 0 aliphatic heterocycles. The molecule has 0 aliphatic carbocycles. The summed E-state index contributed by atoms with van der Waals surface area (Å²) < 4.78 is 27.5. The summed E-state index contributed by atoms with van der Waals surface area (Å²) in [5, 5.41) is 11.7. The first-order chi connectivity index (χ1) is 11.6. The average Bonchev–Trinajstić information content (AvgIpc) is 2.53. The standard InChI is InChI=1S/C18H19N3O3S/c1-18(2,3)20-17(22)14-7-5-9-16(11-14)25(23,24)21-15-8-4-6-13(10-15)12-19/h4-11,21H,1-3H3,(H,20,22). The summed E-state index contributed by atoms with van der Waals surface area (Å²) in [7, 11) is -3.88. The summed E-state index contributed by atoms with van der Waals surface area (Å²) >= 11 is 0. The lowest BCUT2D eigenvalue weighted by atomic mass is 10.1. The van der Waals surface area contributed by atoms with Crippen molar-refractivity contribution in [3.05, 3.63) is 59.7 Å². The number of carbonyl (C=O) groups excluding carboxylic acids is 1. The highest BCUT2D eigenvalue weighted by Crippen LogP contribution is 2.18. The van der Waals surface area contributed by atoms with Crippen LogP contribution in [0.15, 0.2) is 53.4 Å². The Hall–Kier alpha value is -2.85. The third kappa shape index (κ3) is 5.06. The van der Waals surface area contributed by atoms with Crippen LogP contribution in [-0.2, 0) is 10.0 Å². The fourth-order valence-corrected chi connectivity index (χ4v) is 3.18. The quantitative estimate of drug-likeness (QED) is 0.879. The zero-order valence-corrected chi connectivity index (χ0v) is 15.0. The molecule has 0 saturated heterocycles. The molecule has 2 rings (SSSR count). The minimum atomic E-state index is -3.88. The SMILES string of the molecule is CC(C)(C)NC(=O)c1cccc(S(=O)(=O)Nc2cccc(C#N)c2)c1. The molecule has 0 atom stereocenters. The molecular formula is C18H19N3O3S. The van der Waals surface area contributed by atoms with Crippen molar-refractivity contribution < 1.29 is 13.2 Å². The van der Waals surface area contributed by atoms with Gasteiger partial charge in [-0.25, -0.2) is 8.42 Å². The second-order valence-electron chi connectivity index (χ2n) is 6.53. The number of anilines is 1. The van der Waals surface area contributed by atoms with Crippen LogP contribution in [0.2, 0.25) is 0 Å². The monoisotopic (exact) mass is 357 g/mol. The molecule has 0 saturated carbocycles. The number of carbonyl (C=O) groups is 1. The van der Waals surface area contributed by atoms with Crippen molar-refractivity contribution in [1.29, 1.82) is 5.26 Å². The van der Waals surface area contributed by atoms with Gasteiger partial charge in [-0.05, 0) is 57.2 Å². The van der Waals surface area contributed by atoms with Gasteiger partial charge in [0.2, 0.25) is 0 Å². The lowest BCUT2D eigenvalue weighted by molar-refractivity contribution is 0.0919. The first kappa shape index (κ1) is 18.5. The predicted octanol–water partition coefficient (Wildman–Crippen LogP) is 2.89. The number of hydrogen-bond donors (Lipinski definition) is 2. The van der Waals surface area contributed by atoms with Crippen LogP contribution in [-0.4, -0.2) is 19.9 Å². The molecule has 0 unspecified atom stereocenters. The van der Waals surface area contributed by atoms with E-state index < -0.39 is 15.6 Å². The third-order valence-electron chi connectivity index (χ3n) is 3.14. The van der Waals surface area contributed by atoms with Crippen LogP contribution in [0.4, 0.5) is 5.69 Å². The van der Waals surface area contributed by atoms with Gasteiger partial charge in [0.1, 0.15) is 0 Å². The molecule has 2 aromatic carbocycles. The van der Waals surface area contributed by atoms with Gasteiger partial charge >= 0.3 is 0 Å². The van der Waals surface area contributed by atoms with Gasteiger partial charge in [-0.3, -0.25) is 9.52 Å². The van der Waals surface area contributed by atoms with Gasteiger partial charge in [-0.2, -0.15) is 5.26 Å². The Bertz CT molecular complexity index is 939. The minimum absolute atomic E-state index is 0.0311. The molecule has 0 heterocycles.